The molecule has 1 aliphatic heterocycles. The summed E-state index contributed by atoms with van der Waals surface area (Å²) in [6.45, 7) is 1.60. The van der Waals surface area contributed by atoms with Gasteiger partial charge in [-0.2, -0.15) is 0 Å². The van der Waals surface area contributed by atoms with Gasteiger partial charge in [0.25, 0.3) is 0 Å². The number of amides is 1. The second kappa shape index (κ2) is 7.56. The molecule has 1 N–H and O–H groups in total. The van der Waals surface area contributed by atoms with Crippen LogP contribution >= 0.6 is 0 Å². The third-order valence-corrected chi connectivity index (χ3v) is 5.69. The molecule has 0 aromatic heterocycles. The molecule has 25 heavy (non-hydrogen) atoms. The van der Waals surface area contributed by atoms with Crippen molar-refractivity contribution in [3.05, 3.63) is 35.9 Å². The van der Waals surface area contributed by atoms with Crippen molar-refractivity contribution in [2.24, 2.45) is 5.41 Å². The number of carboxylic acid groups (broad SMARTS) is 1. The van der Waals surface area contributed by atoms with Crippen LogP contribution in [0.15, 0.2) is 30.3 Å². The minimum Gasteiger partial charge on any atom is -0.480 e. The molecule has 1 saturated heterocycles. The summed E-state index contributed by atoms with van der Waals surface area (Å²) in [6, 6.07) is 10.5. The Morgan fingerprint density at radius 3 is 2.56 bits per heavy atom. The van der Waals surface area contributed by atoms with Crippen molar-refractivity contribution in [2.45, 2.75) is 44.6 Å². The number of aliphatic carboxylic acids is 1. The summed E-state index contributed by atoms with van der Waals surface area (Å²) < 4.78 is 0. The summed E-state index contributed by atoms with van der Waals surface area (Å²) in [5.74, 6) is -0.489. The van der Waals surface area contributed by atoms with Gasteiger partial charge in [0.2, 0.25) is 5.91 Å². The maximum atomic E-state index is 13.1. The summed E-state index contributed by atoms with van der Waals surface area (Å²) in [5, 5.41) is 8.97. The molecule has 1 aliphatic carbocycles. The molecule has 2 aliphatic rings. The van der Waals surface area contributed by atoms with Gasteiger partial charge in [-0.05, 0) is 51.1 Å². The normalized spacial score (nSPS) is 22.5. The molecular formula is C20H28N2O3. The highest BCUT2D eigenvalue weighted by Gasteiger charge is 2.51. The van der Waals surface area contributed by atoms with Gasteiger partial charge >= 0.3 is 5.97 Å². The van der Waals surface area contributed by atoms with E-state index in [1.807, 2.05) is 35.0 Å². The number of likely N-dealkylation sites (N-methyl/N-ethyl adjacent to an activating group) is 1. The molecule has 1 aromatic rings. The van der Waals surface area contributed by atoms with E-state index in [4.69, 9.17) is 5.11 Å². The first-order valence-electron chi connectivity index (χ1n) is 9.25. The zero-order valence-corrected chi connectivity index (χ0v) is 15.0. The number of benzene rings is 1. The molecule has 5 heteroatoms. The van der Waals surface area contributed by atoms with Crippen LogP contribution in [0.2, 0.25) is 0 Å². The van der Waals surface area contributed by atoms with Gasteiger partial charge in [0.05, 0.1) is 12.0 Å². The Kier molecular flexibility index (Phi) is 5.42. The maximum absolute atomic E-state index is 13.1. The molecule has 0 radical (unpaired) electrons. The highest BCUT2D eigenvalue weighted by atomic mass is 16.4. The fourth-order valence-electron chi connectivity index (χ4n) is 4.00. The van der Waals surface area contributed by atoms with Gasteiger partial charge in [-0.25, -0.2) is 0 Å². The average Bonchev–Trinajstić information content (AvgIpc) is 3.38. The number of carbonyl (C=O) groups excluding carboxylic acids is 1. The van der Waals surface area contributed by atoms with Crippen molar-refractivity contribution in [1.82, 2.24) is 9.80 Å². The van der Waals surface area contributed by atoms with Gasteiger partial charge in [-0.15, -0.1) is 0 Å². The van der Waals surface area contributed by atoms with Gasteiger partial charge in [0, 0.05) is 19.1 Å². The number of hydrogen-bond donors (Lipinski definition) is 1. The first kappa shape index (κ1) is 17.9. The van der Waals surface area contributed by atoms with Crippen LogP contribution in [0.4, 0.5) is 0 Å². The molecule has 3 rings (SSSR count). The minimum absolute atomic E-state index is 0.0660. The molecule has 1 aromatic carbocycles. The Bertz CT molecular complexity index is 613. The zero-order chi connectivity index (χ0) is 17.9. The fourth-order valence-corrected chi connectivity index (χ4v) is 4.00. The molecule has 2 fully saturated rings. The van der Waals surface area contributed by atoms with Gasteiger partial charge in [0.1, 0.15) is 0 Å². The van der Waals surface area contributed by atoms with Crippen LogP contribution < -0.4 is 0 Å². The topological polar surface area (TPSA) is 60.9 Å². The quantitative estimate of drug-likeness (QED) is 0.861. The van der Waals surface area contributed by atoms with Crippen molar-refractivity contribution in [2.75, 3.05) is 26.7 Å². The number of likely N-dealkylation sites (tertiary alicyclic amines) is 1. The van der Waals surface area contributed by atoms with Crippen molar-refractivity contribution < 1.29 is 14.7 Å². The van der Waals surface area contributed by atoms with Crippen LogP contribution in [0.5, 0.6) is 0 Å². The average molecular weight is 344 g/mol. The number of hydrogen-bond acceptors (Lipinski definition) is 3. The van der Waals surface area contributed by atoms with Gasteiger partial charge in [-0.1, -0.05) is 30.3 Å². The summed E-state index contributed by atoms with van der Waals surface area (Å²) in [4.78, 5) is 28.0. The molecule has 1 unspecified atom stereocenters. The highest BCUT2D eigenvalue weighted by Crippen LogP contribution is 2.50. The zero-order valence-electron chi connectivity index (χ0n) is 15.0. The molecule has 0 spiro atoms. The first-order valence-corrected chi connectivity index (χ1v) is 9.25. The lowest BCUT2D eigenvalue weighted by molar-refractivity contribution is -0.139. The van der Waals surface area contributed by atoms with E-state index in [-0.39, 0.29) is 18.0 Å². The lowest BCUT2D eigenvalue weighted by Gasteiger charge is -2.27. The molecular weight excluding hydrogens is 316 g/mol. The summed E-state index contributed by atoms with van der Waals surface area (Å²) in [7, 11) is 1.87. The SMILES string of the molecule is CN(CC(=O)O)C1CCCN(C(=O)C2(Cc3ccccc3)CC2)CC1. The fraction of sp³-hybridized carbons (Fsp3) is 0.600. The molecule has 136 valence electrons. The van der Waals surface area contributed by atoms with Crippen LogP contribution in [-0.4, -0.2) is 59.5 Å². The molecule has 1 amide bonds. The Morgan fingerprint density at radius 1 is 1.20 bits per heavy atom. The van der Waals surface area contributed by atoms with Crippen molar-refractivity contribution in [3.63, 3.8) is 0 Å². The van der Waals surface area contributed by atoms with Crippen molar-refractivity contribution in [3.8, 4) is 0 Å². The monoisotopic (exact) mass is 344 g/mol. The van der Waals surface area contributed by atoms with E-state index in [1.54, 1.807) is 0 Å². The van der Waals surface area contributed by atoms with E-state index in [1.165, 1.54) is 5.56 Å². The molecule has 1 heterocycles. The third-order valence-electron chi connectivity index (χ3n) is 5.69. The standard InChI is InChI=1S/C20H28N2O3/c1-21(15-18(23)24)17-8-5-12-22(13-9-17)19(25)20(10-11-20)14-16-6-3-2-4-7-16/h2-4,6-7,17H,5,8-15H2,1H3,(H,23,24). The van der Waals surface area contributed by atoms with Crippen LogP contribution in [0, 0.1) is 5.41 Å². The third kappa shape index (κ3) is 4.40. The van der Waals surface area contributed by atoms with Crippen molar-refractivity contribution >= 4 is 11.9 Å². The van der Waals surface area contributed by atoms with Crippen LogP contribution in [0.1, 0.15) is 37.7 Å². The Hall–Kier alpha value is -1.88. The van der Waals surface area contributed by atoms with E-state index in [0.717, 1.165) is 51.6 Å². The predicted molar refractivity (Wildman–Crippen MR) is 96.3 cm³/mol. The predicted octanol–water partition coefficient (Wildman–Crippen LogP) is 2.41. The van der Waals surface area contributed by atoms with E-state index < -0.39 is 5.97 Å². The second-order valence-corrected chi connectivity index (χ2v) is 7.63. The molecule has 1 saturated carbocycles. The highest BCUT2D eigenvalue weighted by molar-refractivity contribution is 5.85. The summed E-state index contributed by atoms with van der Waals surface area (Å²) in [6.07, 6.45) is 5.57. The van der Waals surface area contributed by atoms with Crippen molar-refractivity contribution in [1.29, 1.82) is 0 Å². The lowest BCUT2D eigenvalue weighted by Crippen LogP contribution is -2.40. The first-order chi connectivity index (χ1) is 12.0. The van der Waals surface area contributed by atoms with Crippen LogP contribution in [0.25, 0.3) is 0 Å². The number of nitrogens with zero attached hydrogens (tertiary/aromatic N) is 2. The van der Waals surface area contributed by atoms with Crippen LogP contribution in [-0.2, 0) is 16.0 Å². The molecule has 0 bridgehead atoms. The largest absolute Gasteiger partial charge is 0.480 e. The van der Waals surface area contributed by atoms with E-state index >= 15 is 0 Å². The second-order valence-electron chi connectivity index (χ2n) is 7.63. The van der Waals surface area contributed by atoms with Gasteiger partial charge in [0.15, 0.2) is 0 Å². The lowest BCUT2D eigenvalue weighted by atomic mass is 9.95. The Morgan fingerprint density at radius 2 is 1.92 bits per heavy atom. The number of carbonyl (C=O) groups is 2. The number of carboxylic acids is 1. The Balaban J connectivity index is 1.59. The summed E-state index contributed by atoms with van der Waals surface area (Å²) >= 11 is 0. The Labute approximate surface area is 149 Å². The molecule has 5 nitrogen and oxygen atoms in total. The smallest absolute Gasteiger partial charge is 0.317 e. The van der Waals surface area contributed by atoms with E-state index in [0.29, 0.717) is 5.91 Å². The summed E-state index contributed by atoms with van der Waals surface area (Å²) in [5.41, 5.74) is 1.05. The van der Waals surface area contributed by atoms with Crippen LogP contribution in [0.3, 0.4) is 0 Å². The minimum atomic E-state index is -0.792. The van der Waals surface area contributed by atoms with E-state index in [9.17, 15) is 9.59 Å². The van der Waals surface area contributed by atoms with Gasteiger partial charge < -0.3 is 10.0 Å². The van der Waals surface area contributed by atoms with E-state index in [2.05, 4.69) is 12.1 Å². The maximum Gasteiger partial charge on any atom is 0.317 e. The number of rotatable bonds is 6. The van der Waals surface area contributed by atoms with Gasteiger partial charge in [-0.3, -0.25) is 14.5 Å². The molecule has 1 atom stereocenters.